The van der Waals surface area contributed by atoms with Crippen molar-refractivity contribution in [2.75, 3.05) is 18.5 Å². The third kappa shape index (κ3) is 5.20. The molecule has 1 heterocycles. The lowest BCUT2D eigenvalue weighted by Crippen LogP contribution is -2.30. The van der Waals surface area contributed by atoms with Gasteiger partial charge in [0.25, 0.3) is 0 Å². The van der Waals surface area contributed by atoms with Gasteiger partial charge in [0, 0.05) is 23.4 Å². The number of rotatable bonds is 7. The third-order valence-corrected chi connectivity index (χ3v) is 3.88. The number of urea groups is 1. The Morgan fingerprint density at radius 3 is 2.50 bits per heavy atom. The smallest absolute Gasteiger partial charge is 0.319 e. The lowest BCUT2D eigenvalue weighted by atomic mass is 10.2. The van der Waals surface area contributed by atoms with Gasteiger partial charge in [-0.15, -0.1) is 0 Å². The number of carbonyl (C=O) groups is 2. The molecular weight excluding hydrogens is 358 g/mol. The summed E-state index contributed by atoms with van der Waals surface area (Å²) in [5.74, 6) is 0.164. The van der Waals surface area contributed by atoms with Crippen LogP contribution in [0.15, 0.2) is 65.3 Å². The van der Waals surface area contributed by atoms with E-state index in [1.807, 2.05) is 42.5 Å². The third-order valence-electron chi connectivity index (χ3n) is 3.88. The van der Waals surface area contributed by atoms with E-state index in [-0.39, 0.29) is 25.0 Å². The summed E-state index contributed by atoms with van der Waals surface area (Å²) in [6.07, 6.45) is 1.75. The van der Waals surface area contributed by atoms with Crippen LogP contribution in [0.3, 0.4) is 0 Å². The van der Waals surface area contributed by atoms with Crippen molar-refractivity contribution in [3.8, 4) is 22.7 Å². The van der Waals surface area contributed by atoms with Crippen molar-refractivity contribution in [2.24, 2.45) is 0 Å². The molecule has 0 fully saturated rings. The Kier molecular flexibility index (Phi) is 6.41. The lowest BCUT2D eigenvalue weighted by Gasteiger charge is -2.07. The van der Waals surface area contributed by atoms with E-state index < -0.39 is 0 Å². The Morgan fingerprint density at radius 1 is 1.04 bits per heavy atom. The van der Waals surface area contributed by atoms with Crippen LogP contribution in [0.2, 0.25) is 0 Å². The molecule has 0 bridgehead atoms. The fraction of sp³-hybridized carbons (Fsp3) is 0.190. The number of anilines is 1. The molecule has 28 heavy (non-hydrogen) atoms. The highest BCUT2D eigenvalue weighted by Crippen LogP contribution is 2.25. The first-order valence-corrected chi connectivity index (χ1v) is 8.97. The van der Waals surface area contributed by atoms with Crippen molar-refractivity contribution >= 4 is 17.7 Å². The van der Waals surface area contributed by atoms with Gasteiger partial charge in [-0.05, 0) is 31.2 Å². The summed E-state index contributed by atoms with van der Waals surface area (Å²) >= 11 is 0. The van der Waals surface area contributed by atoms with Crippen molar-refractivity contribution in [3.63, 3.8) is 0 Å². The van der Waals surface area contributed by atoms with E-state index in [4.69, 9.17) is 9.15 Å². The second-order valence-electron chi connectivity index (χ2n) is 5.92. The van der Waals surface area contributed by atoms with Gasteiger partial charge >= 0.3 is 12.0 Å². The maximum Gasteiger partial charge on any atom is 0.319 e. The number of hydrogen-bond donors (Lipinski definition) is 2. The number of benzene rings is 2. The molecule has 3 aromatic rings. The minimum absolute atomic E-state index is 0.133. The van der Waals surface area contributed by atoms with Crippen LogP contribution in [0.25, 0.3) is 22.7 Å². The number of nitrogens with one attached hydrogen (secondary N) is 2. The molecule has 0 atom stereocenters. The quantitative estimate of drug-likeness (QED) is 0.603. The molecule has 0 saturated carbocycles. The molecule has 0 aliphatic heterocycles. The van der Waals surface area contributed by atoms with Crippen LogP contribution in [-0.4, -0.2) is 30.1 Å². The Labute approximate surface area is 162 Å². The zero-order valence-electron chi connectivity index (χ0n) is 15.5. The summed E-state index contributed by atoms with van der Waals surface area (Å²) < 4.78 is 10.4. The minimum atomic E-state index is -0.389. The highest BCUT2D eigenvalue weighted by atomic mass is 16.5. The maximum atomic E-state index is 11.9. The summed E-state index contributed by atoms with van der Waals surface area (Å²) in [6.45, 7) is 2.28. The molecule has 0 radical (unpaired) electrons. The molecule has 2 aromatic carbocycles. The Hall–Kier alpha value is -3.61. The molecule has 0 saturated heterocycles. The van der Waals surface area contributed by atoms with Crippen molar-refractivity contribution < 1.29 is 18.7 Å². The van der Waals surface area contributed by atoms with Gasteiger partial charge in [0.05, 0.1) is 13.0 Å². The van der Waals surface area contributed by atoms with Crippen LogP contribution in [0.4, 0.5) is 10.5 Å². The number of hydrogen-bond acceptors (Lipinski definition) is 5. The fourth-order valence-corrected chi connectivity index (χ4v) is 2.53. The summed E-state index contributed by atoms with van der Waals surface area (Å²) in [5, 5.41) is 5.31. The Morgan fingerprint density at radius 2 is 1.79 bits per heavy atom. The SMILES string of the molecule is CCOC(=O)CCNC(=O)Nc1ccc(-c2nc(-c3ccccc3)co2)cc1. The van der Waals surface area contributed by atoms with E-state index in [1.54, 1.807) is 25.3 Å². The van der Waals surface area contributed by atoms with Gasteiger partial charge in [-0.25, -0.2) is 9.78 Å². The van der Waals surface area contributed by atoms with E-state index in [9.17, 15) is 9.59 Å². The van der Waals surface area contributed by atoms with Crippen LogP contribution in [0.5, 0.6) is 0 Å². The van der Waals surface area contributed by atoms with Crippen molar-refractivity contribution in [2.45, 2.75) is 13.3 Å². The van der Waals surface area contributed by atoms with E-state index in [1.165, 1.54) is 0 Å². The number of oxazole rings is 1. The molecule has 0 aliphatic carbocycles. The molecule has 3 rings (SSSR count). The van der Waals surface area contributed by atoms with E-state index in [2.05, 4.69) is 15.6 Å². The summed E-state index contributed by atoms with van der Waals surface area (Å²) in [4.78, 5) is 27.6. The fourth-order valence-electron chi connectivity index (χ4n) is 2.53. The highest BCUT2D eigenvalue weighted by molar-refractivity contribution is 5.89. The number of esters is 1. The first-order valence-electron chi connectivity index (χ1n) is 8.97. The monoisotopic (exact) mass is 379 g/mol. The lowest BCUT2D eigenvalue weighted by molar-refractivity contribution is -0.142. The largest absolute Gasteiger partial charge is 0.466 e. The second kappa shape index (κ2) is 9.36. The number of ether oxygens (including phenoxy) is 1. The van der Waals surface area contributed by atoms with E-state index >= 15 is 0 Å². The highest BCUT2D eigenvalue weighted by Gasteiger charge is 2.09. The van der Waals surface area contributed by atoms with Crippen LogP contribution < -0.4 is 10.6 Å². The van der Waals surface area contributed by atoms with Gasteiger partial charge in [-0.1, -0.05) is 30.3 Å². The number of aromatic nitrogens is 1. The van der Waals surface area contributed by atoms with Crippen molar-refractivity contribution in [3.05, 3.63) is 60.9 Å². The molecule has 7 nitrogen and oxygen atoms in total. The molecule has 2 amide bonds. The standard InChI is InChI=1S/C21H21N3O4/c1-2-27-19(25)12-13-22-21(26)23-17-10-8-16(9-11-17)20-24-18(14-28-20)15-6-4-3-5-7-15/h3-11,14H,2,12-13H2,1H3,(H2,22,23,26). The summed E-state index contributed by atoms with van der Waals surface area (Å²) in [7, 11) is 0. The first kappa shape index (κ1) is 19.2. The second-order valence-corrected chi connectivity index (χ2v) is 5.92. The minimum Gasteiger partial charge on any atom is -0.466 e. The van der Waals surface area contributed by atoms with E-state index in [0.717, 1.165) is 16.8 Å². The van der Waals surface area contributed by atoms with Crippen molar-refractivity contribution in [1.82, 2.24) is 10.3 Å². The molecular formula is C21H21N3O4. The average molecular weight is 379 g/mol. The molecule has 2 N–H and O–H groups in total. The van der Waals surface area contributed by atoms with Gasteiger partial charge in [0.15, 0.2) is 0 Å². The first-order chi connectivity index (χ1) is 13.7. The number of amides is 2. The van der Waals surface area contributed by atoms with Crippen LogP contribution in [-0.2, 0) is 9.53 Å². The zero-order chi connectivity index (χ0) is 19.8. The van der Waals surface area contributed by atoms with Gasteiger partial charge in [-0.3, -0.25) is 4.79 Å². The molecule has 0 aliphatic rings. The summed E-state index contributed by atoms with van der Waals surface area (Å²) in [5.41, 5.74) is 3.16. The van der Waals surface area contributed by atoms with Crippen molar-refractivity contribution in [1.29, 1.82) is 0 Å². The maximum absolute atomic E-state index is 11.9. The molecule has 7 heteroatoms. The van der Waals surface area contributed by atoms with Gasteiger partial charge in [-0.2, -0.15) is 0 Å². The molecule has 0 unspecified atom stereocenters. The van der Waals surface area contributed by atoms with Crippen LogP contribution >= 0.6 is 0 Å². The molecule has 1 aromatic heterocycles. The van der Waals surface area contributed by atoms with Crippen LogP contribution in [0.1, 0.15) is 13.3 Å². The predicted octanol–water partition coefficient (Wildman–Crippen LogP) is 4.08. The normalized spacial score (nSPS) is 10.3. The van der Waals surface area contributed by atoms with Crippen LogP contribution in [0, 0.1) is 0 Å². The van der Waals surface area contributed by atoms with Gasteiger partial charge in [0.2, 0.25) is 5.89 Å². The van der Waals surface area contributed by atoms with Gasteiger partial charge < -0.3 is 19.8 Å². The zero-order valence-corrected chi connectivity index (χ0v) is 15.5. The molecule has 144 valence electrons. The topological polar surface area (TPSA) is 93.5 Å². The van der Waals surface area contributed by atoms with E-state index in [0.29, 0.717) is 18.2 Å². The summed E-state index contributed by atoms with van der Waals surface area (Å²) in [6, 6.07) is 16.5. The Balaban J connectivity index is 1.54. The number of carbonyl (C=O) groups excluding carboxylic acids is 2. The Bertz CT molecular complexity index is 920. The number of nitrogens with zero attached hydrogens (tertiary/aromatic N) is 1. The van der Waals surface area contributed by atoms with Gasteiger partial charge in [0.1, 0.15) is 12.0 Å². The average Bonchev–Trinajstić information content (AvgIpc) is 3.20. The molecule has 0 spiro atoms. The predicted molar refractivity (Wildman–Crippen MR) is 106 cm³/mol.